The first-order valence-electron chi connectivity index (χ1n) is 9.72. The zero-order chi connectivity index (χ0) is 18.9. The smallest absolute Gasteiger partial charge is 0.223 e. The van der Waals surface area contributed by atoms with Crippen LogP contribution in [-0.4, -0.2) is 9.67 Å². The summed E-state index contributed by atoms with van der Waals surface area (Å²) in [7, 11) is 0. The Morgan fingerprint density at radius 3 is 2.46 bits per heavy atom. The average Bonchev–Trinajstić information content (AvgIpc) is 2.66. The van der Waals surface area contributed by atoms with Gasteiger partial charge in [0.15, 0.2) is 5.75 Å². The molecule has 0 aliphatic rings. The summed E-state index contributed by atoms with van der Waals surface area (Å²) in [5.74, 6) is 1.30. The van der Waals surface area contributed by atoms with Crippen LogP contribution in [0.25, 0.3) is 0 Å². The molecule has 0 aliphatic heterocycles. The highest BCUT2D eigenvalue weighted by atomic mass is 16.5. The fourth-order valence-electron chi connectivity index (χ4n) is 3.23. The number of pyridine rings is 1. The lowest BCUT2D eigenvalue weighted by Gasteiger charge is -2.21. The summed E-state index contributed by atoms with van der Waals surface area (Å²) < 4.78 is 8.10. The molecule has 4 nitrogen and oxygen atoms in total. The first-order valence-corrected chi connectivity index (χ1v) is 9.72. The Labute approximate surface area is 156 Å². The van der Waals surface area contributed by atoms with E-state index in [9.17, 15) is 9.90 Å². The molecule has 0 amide bonds. The number of hydrogen-bond donors (Lipinski definition) is 1. The molecular weight excluding hydrogens is 326 g/mol. The van der Waals surface area contributed by atoms with E-state index in [-0.39, 0.29) is 11.2 Å². The number of unbranched alkanes of at least 4 members (excludes halogenated alkanes) is 1. The van der Waals surface area contributed by atoms with Crippen LogP contribution in [-0.2, 0) is 19.6 Å². The standard InChI is InChI=1S/C22H31NO3/c1-4-7-8-17(5-2)15-23-14-13-21(25)22(20(23)6-3)26-16-18-9-11-19(24)12-10-18/h9-14,17,24H,4-8,15-16H2,1-3H3. The SMILES string of the molecule is CCCCC(CC)Cn1ccc(=O)c(OCc2ccc(O)cc2)c1CC. The number of phenolic OH excluding ortho intramolecular Hbond substituents is 1. The van der Waals surface area contributed by atoms with Crippen molar-refractivity contribution in [1.29, 1.82) is 0 Å². The largest absolute Gasteiger partial charge is 0.508 e. The number of hydrogen-bond acceptors (Lipinski definition) is 3. The van der Waals surface area contributed by atoms with Crippen molar-refractivity contribution in [2.45, 2.75) is 66.0 Å². The molecule has 0 bridgehead atoms. The van der Waals surface area contributed by atoms with Gasteiger partial charge in [-0.2, -0.15) is 0 Å². The van der Waals surface area contributed by atoms with Crippen molar-refractivity contribution in [3.8, 4) is 11.5 Å². The first-order chi connectivity index (χ1) is 12.6. The summed E-state index contributed by atoms with van der Waals surface area (Å²) in [5, 5.41) is 9.38. The van der Waals surface area contributed by atoms with Gasteiger partial charge in [-0.3, -0.25) is 4.79 Å². The van der Waals surface area contributed by atoms with E-state index in [1.807, 2.05) is 6.20 Å². The second-order valence-corrected chi connectivity index (χ2v) is 6.83. The topological polar surface area (TPSA) is 51.5 Å². The number of nitrogens with zero attached hydrogens (tertiary/aromatic N) is 1. The molecule has 2 rings (SSSR count). The highest BCUT2D eigenvalue weighted by Crippen LogP contribution is 2.21. The van der Waals surface area contributed by atoms with E-state index in [2.05, 4.69) is 25.3 Å². The summed E-state index contributed by atoms with van der Waals surface area (Å²) in [6, 6.07) is 8.48. The molecule has 4 heteroatoms. The van der Waals surface area contributed by atoms with E-state index < -0.39 is 0 Å². The van der Waals surface area contributed by atoms with Crippen LogP contribution < -0.4 is 10.2 Å². The summed E-state index contributed by atoms with van der Waals surface area (Å²) in [4.78, 5) is 12.4. The maximum absolute atomic E-state index is 12.4. The van der Waals surface area contributed by atoms with Crippen molar-refractivity contribution in [2.75, 3.05) is 0 Å². The summed E-state index contributed by atoms with van der Waals surface area (Å²) in [6.07, 6.45) is 7.46. The van der Waals surface area contributed by atoms with Crippen LogP contribution in [0.5, 0.6) is 11.5 Å². The molecule has 1 aromatic heterocycles. The number of benzene rings is 1. The zero-order valence-electron chi connectivity index (χ0n) is 16.2. The van der Waals surface area contributed by atoms with Gasteiger partial charge < -0.3 is 14.4 Å². The Morgan fingerprint density at radius 2 is 1.85 bits per heavy atom. The highest BCUT2D eigenvalue weighted by Gasteiger charge is 2.14. The third-order valence-electron chi connectivity index (χ3n) is 4.89. The Bertz CT molecular complexity index is 734. The first kappa shape index (κ1) is 20.1. The molecule has 1 unspecified atom stereocenters. The molecule has 0 fully saturated rings. The molecule has 1 heterocycles. The maximum atomic E-state index is 12.4. The molecular formula is C22H31NO3. The van der Waals surface area contributed by atoms with Crippen molar-refractivity contribution in [1.82, 2.24) is 4.57 Å². The predicted octanol–water partition coefficient (Wildman–Crippen LogP) is 4.91. The number of phenols is 1. The lowest BCUT2D eigenvalue weighted by Crippen LogP contribution is -2.19. The molecule has 26 heavy (non-hydrogen) atoms. The van der Waals surface area contributed by atoms with Gasteiger partial charge in [0.05, 0.1) is 5.69 Å². The third-order valence-corrected chi connectivity index (χ3v) is 4.89. The molecule has 1 atom stereocenters. The van der Waals surface area contributed by atoms with Crippen LogP contribution in [0.1, 0.15) is 57.7 Å². The number of rotatable bonds is 10. The van der Waals surface area contributed by atoms with Gasteiger partial charge >= 0.3 is 0 Å². The van der Waals surface area contributed by atoms with E-state index in [4.69, 9.17) is 4.74 Å². The van der Waals surface area contributed by atoms with Crippen molar-refractivity contribution in [2.24, 2.45) is 5.92 Å². The van der Waals surface area contributed by atoms with Crippen LogP contribution in [0.3, 0.4) is 0 Å². The molecule has 0 saturated heterocycles. The van der Waals surface area contributed by atoms with Crippen LogP contribution in [0, 0.1) is 5.92 Å². The van der Waals surface area contributed by atoms with Gasteiger partial charge in [-0.1, -0.05) is 52.2 Å². The van der Waals surface area contributed by atoms with E-state index in [0.717, 1.165) is 30.6 Å². The Morgan fingerprint density at radius 1 is 1.12 bits per heavy atom. The van der Waals surface area contributed by atoms with Crippen molar-refractivity contribution in [3.05, 3.63) is 58.0 Å². The van der Waals surface area contributed by atoms with E-state index in [1.54, 1.807) is 30.3 Å². The summed E-state index contributed by atoms with van der Waals surface area (Å²) in [6.45, 7) is 7.76. The second kappa shape index (κ2) is 10.0. The van der Waals surface area contributed by atoms with Gasteiger partial charge in [0.25, 0.3) is 0 Å². The number of ether oxygens (including phenoxy) is 1. The van der Waals surface area contributed by atoms with Crippen LogP contribution in [0.4, 0.5) is 0 Å². The van der Waals surface area contributed by atoms with Gasteiger partial charge in [0.1, 0.15) is 12.4 Å². The Kier molecular flexibility index (Phi) is 7.76. The molecule has 0 radical (unpaired) electrons. The molecule has 1 N–H and O–H groups in total. The molecule has 0 aliphatic carbocycles. The van der Waals surface area contributed by atoms with Crippen molar-refractivity contribution >= 4 is 0 Å². The lowest BCUT2D eigenvalue weighted by molar-refractivity contribution is 0.292. The van der Waals surface area contributed by atoms with Gasteiger partial charge in [-0.05, 0) is 36.5 Å². The molecule has 0 saturated carbocycles. The monoisotopic (exact) mass is 357 g/mol. The Balaban J connectivity index is 2.19. The van der Waals surface area contributed by atoms with Gasteiger partial charge in [-0.15, -0.1) is 0 Å². The lowest BCUT2D eigenvalue weighted by atomic mass is 9.99. The molecule has 0 spiro atoms. The minimum Gasteiger partial charge on any atom is -0.508 e. The zero-order valence-corrected chi connectivity index (χ0v) is 16.2. The molecule has 142 valence electrons. The van der Waals surface area contributed by atoms with Crippen LogP contribution in [0.2, 0.25) is 0 Å². The summed E-state index contributed by atoms with van der Waals surface area (Å²) >= 11 is 0. The van der Waals surface area contributed by atoms with Crippen molar-refractivity contribution < 1.29 is 9.84 Å². The van der Waals surface area contributed by atoms with Gasteiger partial charge in [0.2, 0.25) is 5.43 Å². The number of aromatic nitrogens is 1. The molecule has 1 aromatic carbocycles. The maximum Gasteiger partial charge on any atom is 0.223 e. The third kappa shape index (κ3) is 5.38. The highest BCUT2D eigenvalue weighted by molar-refractivity contribution is 5.30. The van der Waals surface area contributed by atoms with Gasteiger partial charge in [-0.25, -0.2) is 0 Å². The van der Waals surface area contributed by atoms with E-state index in [0.29, 0.717) is 18.3 Å². The van der Waals surface area contributed by atoms with E-state index >= 15 is 0 Å². The second-order valence-electron chi connectivity index (χ2n) is 6.83. The predicted molar refractivity (Wildman–Crippen MR) is 106 cm³/mol. The quantitative estimate of drug-likeness (QED) is 0.657. The van der Waals surface area contributed by atoms with Crippen LogP contribution in [0.15, 0.2) is 41.3 Å². The minimum atomic E-state index is -0.0708. The molecule has 2 aromatic rings. The average molecular weight is 357 g/mol. The van der Waals surface area contributed by atoms with Gasteiger partial charge in [0, 0.05) is 18.8 Å². The fraction of sp³-hybridized carbons (Fsp3) is 0.500. The summed E-state index contributed by atoms with van der Waals surface area (Å²) in [5.41, 5.74) is 1.82. The van der Waals surface area contributed by atoms with E-state index in [1.165, 1.54) is 19.3 Å². The van der Waals surface area contributed by atoms with Crippen LogP contribution >= 0.6 is 0 Å². The number of aromatic hydroxyl groups is 1. The van der Waals surface area contributed by atoms with Crippen molar-refractivity contribution in [3.63, 3.8) is 0 Å². The Hall–Kier alpha value is -2.23. The minimum absolute atomic E-state index is 0.0708. The fourth-order valence-corrected chi connectivity index (χ4v) is 3.23. The normalized spacial score (nSPS) is 12.1.